The Morgan fingerprint density at radius 2 is 1.88 bits per heavy atom. The van der Waals surface area contributed by atoms with Crippen molar-refractivity contribution in [3.63, 3.8) is 0 Å². The zero-order chi connectivity index (χ0) is 23.2. The van der Waals surface area contributed by atoms with Crippen LogP contribution in [-0.2, 0) is 11.3 Å². The van der Waals surface area contributed by atoms with Crippen LogP contribution in [0.15, 0.2) is 59.6 Å². The minimum Gasteiger partial charge on any atom is -0.350 e. The molecule has 0 radical (unpaired) electrons. The number of likely N-dealkylation sites (tertiary alicyclic amines) is 1. The molecular weight excluding hydrogens is 430 g/mol. The Morgan fingerprint density at radius 3 is 2.67 bits per heavy atom. The lowest BCUT2D eigenvalue weighted by atomic mass is 10.0. The van der Waals surface area contributed by atoms with Gasteiger partial charge in [-0.05, 0) is 50.8 Å². The molecule has 0 aliphatic carbocycles. The molecular formula is C27H33N3O2S. The van der Waals surface area contributed by atoms with Gasteiger partial charge in [0.15, 0.2) is 0 Å². The fraction of sp³-hybridized carbons (Fsp3) is 0.407. The third-order valence-electron chi connectivity index (χ3n) is 6.47. The van der Waals surface area contributed by atoms with Gasteiger partial charge in [0.25, 0.3) is 5.91 Å². The van der Waals surface area contributed by atoms with Crippen molar-refractivity contribution in [3.8, 4) is 0 Å². The quantitative estimate of drug-likeness (QED) is 0.464. The summed E-state index contributed by atoms with van der Waals surface area (Å²) >= 11 is 1.62. The number of amides is 2. The number of rotatable bonds is 8. The predicted molar refractivity (Wildman–Crippen MR) is 136 cm³/mol. The van der Waals surface area contributed by atoms with Crippen molar-refractivity contribution in [1.82, 2.24) is 14.8 Å². The van der Waals surface area contributed by atoms with Crippen LogP contribution in [0.3, 0.4) is 0 Å². The maximum atomic E-state index is 12.9. The number of piperidine rings is 1. The number of aromatic nitrogens is 1. The molecule has 0 saturated carbocycles. The first-order valence-corrected chi connectivity index (χ1v) is 12.9. The maximum Gasteiger partial charge on any atom is 0.251 e. The van der Waals surface area contributed by atoms with E-state index in [0.29, 0.717) is 30.4 Å². The van der Waals surface area contributed by atoms with E-state index in [-0.39, 0.29) is 11.8 Å². The van der Waals surface area contributed by atoms with E-state index in [1.165, 1.54) is 6.42 Å². The van der Waals surface area contributed by atoms with Crippen LogP contribution in [-0.4, -0.2) is 46.2 Å². The molecule has 3 aromatic rings. The molecule has 6 heteroatoms. The van der Waals surface area contributed by atoms with Gasteiger partial charge in [0.1, 0.15) is 0 Å². The average molecular weight is 464 g/mol. The number of thioether (sulfide) groups is 1. The number of benzene rings is 2. The van der Waals surface area contributed by atoms with E-state index in [9.17, 15) is 9.59 Å². The number of aryl methyl sites for hydroxylation is 1. The predicted octanol–water partition coefficient (Wildman–Crippen LogP) is 5.26. The molecule has 0 bridgehead atoms. The summed E-state index contributed by atoms with van der Waals surface area (Å²) in [6.45, 7) is 6.29. The fourth-order valence-corrected chi connectivity index (χ4v) is 5.56. The van der Waals surface area contributed by atoms with E-state index in [1.807, 2.05) is 43.3 Å². The molecule has 1 fully saturated rings. The van der Waals surface area contributed by atoms with Crippen LogP contribution >= 0.6 is 11.8 Å². The first kappa shape index (κ1) is 23.4. The van der Waals surface area contributed by atoms with Gasteiger partial charge in [-0.2, -0.15) is 0 Å². The molecule has 174 valence electrons. The molecule has 1 N–H and O–H groups in total. The number of fused-ring (bicyclic) bond motifs is 1. The van der Waals surface area contributed by atoms with E-state index in [4.69, 9.17) is 0 Å². The second-order valence-electron chi connectivity index (χ2n) is 8.76. The molecule has 1 aliphatic rings. The van der Waals surface area contributed by atoms with E-state index in [1.54, 1.807) is 11.8 Å². The second-order valence-corrected chi connectivity index (χ2v) is 9.78. The summed E-state index contributed by atoms with van der Waals surface area (Å²) in [5.41, 5.74) is 2.94. The lowest BCUT2D eigenvalue weighted by Gasteiger charge is -2.35. The molecule has 2 aromatic carbocycles. The van der Waals surface area contributed by atoms with E-state index in [0.717, 1.165) is 47.2 Å². The molecule has 2 amide bonds. The van der Waals surface area contributed by atoms with E-state index in [2.05, 4.69) is 40.0 Å². The van der Waals surface area contributed by atoms with Crippen LogP contribution in [0.4, 0.5) is 0 Å². The zero-order valence-corrected chi connectivity index (χ0v) is 20.4. The van der Waals surface area contributed by atoms with Gasteiger partial charge in [0.2, 0.25) is 5.91 Å². The topological polar surface area (TPSA) is 54.3 Å². The molecule has 1 aromatic heterocycles. The summed E-state index contributed by atoms with van der Waals surface area (Å²) in [6.07, 6.45) is 6.61. The van der Waals surface area contributed by atoms with Gasteiger partial charge in [0, 0.05) is 53.2 Å². The summed E-state index contributed by atoms with van der Waals surface area (Å²) in [4.78, 5) is 28.6. The van der Waals surface area contributed by atoms with Gasteiger partial charge in [0.05, 0.1) is 5.75 Å². The normalized spacial score (nSPS) is 16.2. The van der Waals surface area contributed by atoms with Gasteiger partial charge < -0.3 is 14.8 Å². The van der Waals surface area contributed by atoms with Crippen molar-refractivity contribution >= 4 is 34.5 Å². The molecule has 1 saturated heterocycles. The number of carbonyl (C=O) groups is 2. The zero-order valence-electron chi connectivity index (χ0n) is 19.5. The van der Waals surface area contributed by atoms with E-state index >= 15 is 0 Å². The van der Waals surface area contributed by atoms with Gasteiger partial charge in [-0.3, -0.25) is 9.59 Å². The monoisotopic (exact) mass is 463 g/mol. The van der Waals surface area contributed by atoms with Gasteiger partial charge in [-0.1, -0.05) is 42.8 Å². The summed E-state index contributed by atoms with van der Waals surface area (Å²) in [5, 5.41) is 4.18. The number of hydrogen-bond acceptors (Lipinski definition) is 3. The van der Waals surface area contributed by atoms with E-state index < -0.39 is 0 Å². The molecule has 0 spiro atoms. The van der Waals surface area contributed by atoms with Crippen molar-refractivity contribution in [1.29, 1.82) is 0 Å². The largest absolute Gasteiger partial charge is 0.350 e. The van der Waals surface area contributed by atoms with Crippen molar-refractivity contribution in [2.45, 2.75) is 57.0 Å². The summed E-state index contributed by atoms with van der Waals surface area (Å²) in [6, 6.07) is 16.3. The van der Waals surface area contributed by atoms with Crippen molar-refractivity contribution in [2.24, 2.45) is 0 Å². The number of para-hydroxylation sites is 1. The Labute approximate surface area is 200 Å². The first-order chi connectivity index (χ1) is 16.1. The third-order valence-corrected chi connectivity index (χ3v) is 7.50. The SMILES string of the molecule is CCC1CCCCN1C(=O)CSc1cn(CCNC(=O)c2ccc(C)cc2)c2ccccc12. The van der Waals surface area contributed by atoms with Crippen LogP contribution in [0.2, 0.25) is 0 Å². The number of nitrogens with zero attached hydrogens (tertiary/aromatic N) is 2. The maximum absolute atomic E-state index is 12.9. The fourth-order valence-electron chi connectivity index (χ4n) is 4.59. The Kier molecular flexibility index (Phi) is 7.76. The second kappa shape index (κ2) is 10.9. The molecule has 1 atom stereocenters. The van der Waals surface area contributed by atoms with Crippen LogP contribution in [0.1, 0.15) is 48.5 Å². The van der Waals surface area contributed by atoms with Gasteiger partial charge >= 0.3 is 0 Å². The molecule has 1 aliphatic heterocycles. The molecule has 2 heterocycles. The van der Waals surface area contributed by atoms with Crippen LogP contribution < -0.4 is 5.32 Å². The van der Waals surface area contributed by atoms with Crippen LogP contribution in [0.25, 0.3) is 10.9 Å². The Bertz CT molecular complexity index is 1110. The third kappa shape index (κ3) is 5.61. The molecule has 4 rings (SSSR count). The minimum atomic E-state index is -0.0568. The number of nitrogens with one attached hydrogen (secondary N) is 1. The molecule has 33 heavy (non-hydrogen) atoms. The number of carbonyl (C=O) groups excluding carboxylic acids is 2. The Balaban J connectivity index is 1.39. The Morgan fingerprint density at radius 1 is 1.09 bits per heavy atom. The summed E-state index contributed by atoms with van der Waals surface area (Å²) < 4.78 is 2.17. The minimum absolute atomic E-state index is 0.0568. The van der Waals surface area contributed by atoms with Crippen molar-refractivity contribution < 1.29 is 9.59 Å². The van der Waals surface area contributed by atoms with Crippen LogP contribution in [0, 0.1) is 6.92 Å². The molecule has 5 nitrogen and oxygen atoms in total. The number of hydrogen-bond donors (Lipinski definition) is 1. The Hall–Kier alpha value is -2.73. The standard InChI is InChI=1S/C27H33N3O2S/c1-3-22-8-6-7-16-30(22)26(31)19-33-25-18-29(24-10-5-4-9-23(24)25)17-15-28-27(32)21-13-11-20(2)12-14-21/h4-5,9-14,18,22H,3,6-8,15-17,19H2,1-2H3,(H,28,32). The highest BCUT2D eigenvalue weighted by atomic mass is 32.2. The van der Waals surface area contributed by atoms with Crippen molar-refractivity contribution in [3.05, 3.63) is 65.9 Å². The van der Waals surface area contributed by atoms with Crippen LogP contribution in [0.5, 0.6) is 0 Å². The summed E-state index contributed by atoms with van der Waals surface area (Å²) in [5.74, 6) is 0.654. The van der Waals surface area contributed by atoms with Gasteiger partial charge in [-0.25, -0.2) is 0 Å². The highest BCUT2D eigenvalue weighted by Crippen LogP contribution is 2.31. The highest BCUT2D eigenvalue weighted by molar-refractivity contribution is 8.00. The highest BCUT2D eigenvalue weighted by Gasteiger charge is 2.25. The van der Waals surface area contributed by atoms with Gasteiger partial charge in [-0.15, -0.1) is 11.8 Å². The first-order valence-electron chi connectivity index (χ1n) is 11.9. The van der Waals surface area contributed by atoms with Crippen molar-refractivity contribution in [2.75, 3.05) is 18.8 Å². The smallest absolute Gasteiger partial charge is 0.251 e. The summed E-state index contributed by atoms with van der Waals surface area (Å²) in [7, 11) is 0. The average Bonchev–Trinajstić information content (AvgIpc) is 3.20. The lowest BCUT2D eigenvalue weighted by Crippen LogP contribution is -2.44. The lowest BCUT2D eigenvalue weighted by molar-refractivity contribution is -0.132. The molecule has 1 unspecified atom stereocenters.